The molecule has 0 aliphatic carbocycles. The number of benzene rings is 2. The van der Waals surface area contributed by atoms with Crippen LogP contribution in [0.2, 0.25) is 0 Å². The second-order valence-electron chi connectivity index (χ2n) is 5.11. The van der Waals surface area contributed by atoms with Crippen molar-refractivity contribution in [1.29, 1.82) is 0 Å². The third-order valence-corrected chi connectivity index (χ3v) is 3.73. The molecule has 0 spiro atoms. The highest BCUT2D eigenvalue weighted by Crippen LogP contribution is 2.21. The molecule has 4 N–H and O–H groups in total. The first-order valence-corrected chi connectivity index (χ1v) is 6.96. The Kier molecular flexibility index (Phi) is 2.69. The molecule has 2 aromatic carbocycles. The summed E-state index contributed by atoms with van der Waals surface area (Å²) in [6, 6.07) is 17.3. The number of hydrogen-bond acceptors (Lipinski definition) is 4. The largest absolute Gasteiger partial charge is 0.367 e. The Morgan fingerprint density at radius 1 is 1.05 bits per heavy atom. The summed E-state index contributed by atoms with van der Waals surface area (Å²) in [6.45, 7) is 0. The molecule has 0 fully saturated rings. The van der Waals surface area contributed by atoms with E-state index in [1.807, 2.05) is 53.1 Å². The average molecular weight is 292 g/mol. The first-order chi connectivity index (χ1) is 10.7. The van der Waals surface area contributed by atoms with Crippen LogP contribution in [0.5, 0.6) is 0 Å². The molecular formula is C16H14N5O+. The van der Waals surface area contributed by atoms with E-state index >= 15 is 0 Å². The number of guanidine groups is 1. The molecule has 0 saturated carbocycles. The van der Waals surface area contributed by atoms with Crippen LogP contribution in [0.3, 0.4) is 0 Å². The number of nitrogens with two attached hydrogens (primary N) is 1. The van der Waals surface area contributed by atoms with Crippen LogP contribution < -0.4 is 21.2 Å². The van der Waals surface area contributed by atoms with Crippen molar-refractivity contribution in [3.05, 3.63) is 70.5 Å². The SMILES string of the molecule is NC1=N[C@@H](c2ccccc2)[n+]2c([nH]c(=O)c3ccccc32)N1. The molecule has 1 aliphatic rings. The van der Waals surface area contributed by atoms with Crippen molar-refractivity contribution in [1.82, 2.24) is 4.98 Å². The van der Waals surface area contributed by atoms with Gasteiger partial charge in [-0.2, -0.15) is 4.99 Å². The lowest BCUT2D eigenvalue weighted by atomic mass is 10.1. The van der Waals surface area contributed by atoms with Gasteiger partial charge in [0.2, 0.25) is 6.17 Å². The lowest BCUT2D eigenvalue weighted by molar-refractivity contribution is -0.677. The van der Waals surface area contributed by atoms with Gasteiger partial charge in [0.1, 0.15) is 5.52 Å². The molecule has 4 rings (SSSR count). The number of para-hydroxylation sites is 1. The van der Waals surface area contributed by atoms with E-state index in [0.717, 1.165) is 11.1 Å². The summed E-state index contributed by atoms with van der Waals surface area (Å²) >= 11 is 0. The maximum atomic E-state index is 12.2. The zero-order valence-electron chi connectivity index (χ0n) is 11.7. The molecule has 6 heteroatoms. The molecule has 6 nitrogen and oxygen atoms in total. The molecule has 1 aromatic heterocycles. The van der Waals surface area contributed by atoms with E-state index in [2.05, 4.69) is 15.3 Å². The van der Waals surface area contributed by atoms with Crippen LogP contribution in [0.1, 0.15) is 11.7 Å². The molecule has 0 amide bonds. The monoisotopic (exact) mass is 292 g/mol. The van der Waals surface area contributed by atoms with Gasteiger partial charge in [0.15, 0.2) is 0 Å². The van der Waals surface area contributed by atoms with E-state index in [1.165, 1.54) is 0 Å². The summed E-state index contributed by atoms with van der Waals surface area (Å²) in [7, 11) is 0. The second kappa shape index (κ2) is 4.70. The summed E-state index contributed by atoms with van der Waals surface area (Å²) in [5, 5.41) is 3.54. The lowest BCUT2D eigenvalue weighted by Gasteiger charge is -2.21. The molecule has 0 saturated heterocycles. The molecule has 0 bridgehead atoms. The number of aromatic nitrogens is 2. The third kappa shape index (κ3) is 1.85. The third-order valence-electron chi connectivity index (χ3n) is 3.73. The fourth-order valence-electron chi connectivity index (χ4n) is 2.77. The number of anilines is 1. The molecule has 0 unspecified atom stereocenters. The molecule has 1 aliphatic heterocycles. The van der Waals surface area contributed by atoms with E-state index in [1.54, 1.807) is 6.07 Å². The smallest absolute Gasteiger partial charge is 0.357 e. The Hall–Kier alpha value is -3.15. The highest BCUT2D eigenvalue weighted by molar-refractivity contribution is 5.91. The Labute approximate surface area is 125 Å². The van der Waals surface area contributed by atoms with Crippen LogP contribution in [0.4, 0.5) is 5.95 Å². The van der Waals surface area contributed by atoms with Gasteiger partial charge in [-0.15, -0.1) is 0 Å². The van der Waals surface area contributed by atoms with Crippen LogP contribution in [-0.2, 0) is 0 Å². The van der Waals surface area contributed by atoms with E-state index in [0.29, 0.717) is 11.3 Å². The highest BCUT2D eigenvalue weighted by atomic mass is 16.1. The molecule has 1 atom stereocenters. The number of aliphatic imine (C=N–C) groups is 1. The van der Waals surface area contributed by atoms with Crippen molar-refractivity contribution in [3.63, 3.8) is 0 Å². The van der Waals surface area contributed by atoms with Crippen molar-refractivity contribution >= 4 is 22.8 Å². The van der Waals surface area contributed by atoms with Gasteiger partial charge in [0.05, 0.1) is 5.39 Å². The van der Waals surface area contributed by atoms with Gasteiger partial charge in [0.25, 0.3) is 5.96 Å². The summed E-state index contributed by atoms with van der Waals surface area (Å²) < 4.78 is 1.95. The van der Waals surface area contributed by atoms with Gasteiger partial charge in [-0.25, -0.2) is 14.9 Å². The molecular weight excluding hydrogens is 278 g/mol. The predicted octanol–water partition coefficient (Wildman–Crippen LogP) is 1.10. The molecule has 0 radical (unpaired) electrons. The van der Waals surface area contributed by atoms with E-state index in [-0.39, 0.29) is 17.7 Å². The first-order valence-electron chi connectivity index (χ1n) is 6.96. The topological polar surface area (TPSA) is 87.2 Å². The second-order valence-corrected chi connectivity index (χ2v) is 5.11. The lowest BCUT2D eigenvalue weighted by Crippen LogP contribution is -2.51. The maximum absolute atomic E-state index is 12.2. The van der Waals surface area contributed by atoms with Crippen molar-refractivity contribution < 1.29 is 4.57 Å². The van der Waals surface area contributed by atoms with E-state index < -0.39 is 0 Å². The van der Waals surface area contributed by atoms with Gasteiger partial charge in [0, 0.05) is 5.56 Å². The molecule has 108 valence electrons. The zero-order valence-corrected chi connectivity index (χ0v) is 11.7. The zero-order chi connectivity index (χ0) is 15.1. The van der Waals surface area contributed by atoms with Crippen LogP contribution in [-0.4, -0.2) is 10.9 Å². The van der Waals surface area contributed by atoms with Crippen molar-refractivity contribution in [2.24, 2.45) is 10.7 Å². The molecule has 2 heterocycles. The highest BCUT2D eigenvalue weighted by Gasteiger charge is 2.29. The summed E-state index contributed by atoms with van der Waals surface area (Å²) in [5.74, 6) is 0.810. The normalized spacial score (nSPS) is 16.7. The average Bonchev–Trinajstić information content (AvgIpc) is 2.55. The Bertz CT molecular complexity index is 946. The minimum atomic E-state index is -0.320. The Morgan fingerprint density at radius 2 is 1.77 bits per heavy atom. The van der Waals surface area contributed by atoms with Crippen LogP contribution in [0.15, 0.2) is 64.4 Å². The maximum Gasteiger partial charge on any atom is 0.367 e. The fraction of sp³-hybridized carbons (Fsp3) is 0.0625. The summed E-state index contributed by atoms with van der Waals surface area (Å²) in [4.78, 5) is 19.5. The van der Waals surface area contributed by atoms with Crippen LogP contribution >= 0.6 is 0 Å². The number of rotatable bonds is 1. The van der Waals surface area contributed by atoms with Crippen LogP contribution in [0.25, 0.3) is 10.9 Å². The van der Waals surface area contributed by atoms with Gasteiger partial charge in [-0.3, -0.25) is 4.79 Å². The van der Waals surface area contributed by atoms with Crippen LogP contribution in [0, 0.1) is 0 Å². The summed E-state index contributed by atoms with van der Waals surface area (Å²) in [5.41, 5.74) is 7.52. The number of nitrogens with zero attached hydrogens (tertiary/aromatic N) is 2. The standard InChI is InChI=1S/C16H13N5O/c17-15-18-13(10-6-2-1-3-7-10)21-12-9-5-4-8-11(12)14(22)19-16(21)20-15/h1-9,13H,(H3,17,18,19,20,22)/p+1/t13-/m1/s1. The van der Waals surface area contributed by atoms with E-state index in [4.69, 9.17) is 5.73 Å². The molecule has 3 aromatic rings. The first kappa shape index (κ1) is 12.6. The van der Waals surface area contributed by atoms with Crippen molar-refractivity contribution in [2.75, 3.05) is 5.32 Å². The number of aromatic amines is 1. The number of H-pyrrole nitrogens is 1. The van der Waals surface area contributed by atoms with Gasteiger partial charge < -0.3 is 5.73 Å². The Morgan fingerprint density at radius 3 is 2.59 bits per heavy atom. The predicted molar refractivity (Wildman–Crippen MR) is 84.6 cm³/mol. The number of fused-ring (bicyclic) bond motifs is 3. The minimum Gasteiger partial charge on any atom is -0.357 e. The molecule has 22 heavy (non-hydrogen) atoms. The van der Waals surface area contributed by atoms with E-state index in [9.17, 15) is 4.79 Å². The van der Waals surface area contributed by atoms with Gasteiger partial charge in [-0.1, -0.05) is 42.5 Å². The summed E-state index contributed by atoms with van der Waals surface area (Å²) in [6.07, 6.45) is -0.320. The quantitative estimate of drug-likeness (QED) is 0.587. The van der Waals surface area contributed by atoms with Gasteiger partial charge >= 0.3 is 11.5 Å². The minimum absolute atomic E-state index is 0.157. The fourth-order valence-corrected chi connectivity index (χ4v) is 2.77. The van der Waals surface area contributed by atoms with Crippen molar-refractivity contribution in [3.8, 4) is 0 Å². The number of hydrogen-bond donors (Lipinski definition) is 3. The Balaban J connectivity index is 2.06. The van der Waals surface area contributed by atoms with Gasteiger partial charge in [-0.05, 0) is 12.1 Å². The van der Waals surface area contributed by atoms with Crippen molar-refractivity contribution in [2.45, 2.75) is 6.17 Å². The number of nitrogens with one attached hydrogen (secondary N) is 2.